The summed E-state index contributed by atoms with van der Waals surface area (Å²) in [6, 6.07) is 12.5. The van der Waals surface area contributed by atoms with Gasteiger partial charge in [-0.05, 0) is 61.7 Å². The number of aryl methyl sites for hydroxylation is 1. The van der Waals surface area contributed by atoms with E-state index >= 15 is 0 Å². The molecule has 0 spiro atoms. The highest BCUT2D eigenvalue weighted by Crippen LogP contribution is 2.25. The van der Waals surface area contributed by atoms with Crippen molar-refractivity contribution in [2.75, 3.05) is 11.4 Å². The first kappa shape index (κ1) is 18.0. The van der Waals surface area contributed by atoms with Gasteiger partial charge in [-0.25, -0.2) is 0 Å². The van der Waals surface area contributed by atoms with Crippen LogP contribution in [0.15, 0.2) is 42.5 Å². The third kappa shape index (κ3) is 4.36. The predicted octanol–water partition coefficient (Wildman–Crippen LogP) is 4.47. The fourth-order valence-electron chi connectivity index (χ4n) is 2.50. The number of amides is 1. The Morgan fingerprint density at radius 3 is 2.38 bits per heavy atom. The van der Waals surface area contributed by atoms with Crippen LogP contribution in [0.1, 0.15) is 34.3 Å². The van der Waals surface area contributed by atoms with Gasteiger partial charge in [0.25, 0.3) is 5.91 Å². The molecule has 0 fully saturated rings. The van der Waals surface area contributed by atoms with E-state index in [1.165, 1.54) is 0 Å². The molecule has 4 nitrogen and oxygen atoms in total. The van der Waals surface area contributed by atoms with Crippen molar-refractivity contribution >= 4 is 29.2 Å². The van der Waals surface area contributed by atoms with E-state index in [9.17, 15) is 9.59 Å². The minimum Gasteiger partial charge on any atom is -0.481 e. The molecule has 126 valence electrons. The molecular formula is C19H20ClNO3. The number of carboxylic acids is 1. The highest BCUT2D eigenvalue weighted by Gasteiger charge is 2.20. The molecule has 2 rings (SSSR count). The maximum atomic E-state index is 12.9. The lowest BCUT2D eigenvalue weighted by Gasteiger charge is -2.25. The van der Waals surface area contributed by atoms with E-state index in [2.05, 4.69) is 0 Å². The normalized spacial score (nSPS) is 10.5. The molecule has 5 heteroatoms. The average molecular weight is 346 g/mol. The highest BCUT2D eigenvalue weighted by molar-refractivity contribution is 6.30. The second kappa shape index (κ2) is 7.97. The number of benzene rings is 2. The van der Waals surface area contributed by atoms with E-state index in [4.69, 9.17) is 16.7 Å². The largest absolute Gasteiger partial charge is 0.481 e. The first-order valence-electron chi connectivity index (χ1n) is 7.75. The third-order valence-corrected chi connectivity index (χ3v) is 4.23. The summed E-state index contributed by atoms with van der Waals surface area (Å²) < 4.78 is 0. The summed E-state index contributed by atoms with van der Waals surface area (Å²) in [5, 5.41) is 9.43. The number of halogens is 1. The van der Waals surface area contributed by atoms with Gasteiger partial charge in [-0.3, -0.25) is 9.59 Å². The molecule has 0 radical (unpaired) electrons. The van der Waals surface area contributed by atoms with Gasteiger partial charge >= 0.3 is 5.97 Å². The van der Waals surface area contributed by atoms with Gasteiger partial charge < -0.3 is 10.0 Å². The Morgan fingerprint density at radius 2 is 1.75 bits per heavy atom. The van der Waals surface area contributed by atoms with Gasteiger partial charge in [-0.1, -0.05) is 23.7 Å². The molecular weight excluding hydrogens is 326 g/mol. The monoisotopic (exact) mass is 345 g/mol. The molecule has 0 aliphatic carbocycles. The number of hydrogen-bond acceptors (Lipinski definition) is 2. The lowest BCUT2D eigenvalue weighted by atomic mass is 10.1. The first-order chi connectivity index (χ1) is 11.4. The number of anilines is 1. The maximum Gasteiger partial charge on any atom is 0.303 e. The van der Waals surface area contributed by atoms with E-state index in [0.29, 0.717) is 23.6 Å². The predicted molar refractivity (Wildman–Crippen MR) is 95.9 cm³/mol. The van der Waals surface area contributed by atoms with Crippen LogP contribution in [0.2, 0.25) is 5.02 Å². The third-order valence-electron chi connectivity index (χ3n) is 3.98. The number of nitrogens with zero attached hydrogens (tertiary/aromatic N) is 1. The molecule has 0 aliphatic rings. The SMILES string of the molecule is Cc1cccc(N(CCCC(=O)O)C(=O)c2ccc(Cl)cc2)c1C. The lowest BCUT2D eigenvalue weighted by Crippen LogP contribution is -2.33. The number of carbonyl (C=O) groups is 2. The molecule has 0 aliphatic heterocycles. The molecule has 2 aromatic rings. The Morgan fingerprint density at radius 1 is 1.08 bits per heavy atom. The van der Waals surface area contributed by atoms with Gasteiger partial charge in [0.05, 0.1) is 0 Å². The van der Waals surface area contributed by atoms with Crippen molar-refractivity contribution in [3.8, 4) is 0 Å². The van der Waals surface area contributed by atoms with Gasteiger partial charge in [0.2, 0.25) is 0 Å². The van der Waals surface area contributed by atoms with E-state index in [1.807, 2.05) is 32.0 Å². The average Bonchev–Trinajstić information content (AvgIpc) is 2.54. The van der Waals surface area contributed by atoms with Gasteiger partial charge in [-0.15, -0.1) is 0 Å². The second-order valence-corrected chi connectivity index (χ2v) is 6.12. The zero-order valence-electron chi connectivity index (χ0n) is 13.8. The molecule has 24 heavy (non-hydrogen) atoms. The summed E-state index contributed by atoms with van der Waals surface area (Å²) in [4.78, 5) is 25.4. The summed E-state index contributed by atoms with van der Waals surface area (Å²) in [5.74, 6) is -1.03. The topological polar surface area (TPSA) is 57.6 Å². The Kier molecular flexibility index (Phi) is 5.99. The van der Waals surface area contributed by atoms with Crippen molar-refractivity contribution in [1.29, 1.82) is 0 Å². The zero-order chi connectivity index (χ0) is 17.7. The fourth-order valence-corrected chi connectivity index (χ4v) is 2.62. The molecule has 0 saturated heterocycles. The van der Waals surface area contributed by atoms with Crippen LogP contribution in [0.25, 0.3) is 0 Å². The van der Waals surface area contributed by atoms with Crippen LogP contribution in [0.3, 0.4) is 0 Å². The van der Waals surface area contributed by atoms with Gasteiger partial charge in [0.1, 0.15) is 0 Å². The first-order valence-corrected chi connectivity index (χ1v) is 8.13. The van der Waals surface area contributed by atoms with Crippen molar-refractivity contribution in [3.63, 3.8) is 0 Å². The van der Waals surface area contributed by atoms with Gasteiger partial charge in [0.15, 0.2) is 0 Å². The molecule has 1 amide bonds. The Balaban J connectivity index is 2.34. The summed E-state index contributed by atoms with van der Waals surface area (Å²) >= 11 is 5.89. The number of rotatable bonds is 6. The van der Waals surface area contributed by atoms with Crippen LogP contribution in [0.5, 0.6) is 0 Å². The van der Waals surface area contributed by atoms with Crippen molar-refractivity contribution in [2.45, 2.75) is 26.7 Å². The zero-order valence-corrected chi connectivity index (χ0v) is 14.5. The standard InChI is InChI=1S/C19H20ClNO3/c1-13-5-3-6-17(14(13)2)21(12-4-7-18(22)23)19(24)15-8-10-16(20)11-9-15/h3,5-6,8-11H,4,7,12H2,1-2H3,(H,22,23). The molecule has 0 unspecified atom stereocenters. The Bertz CT molecular complexity index is 741. The minimum absolute atomic E-state index is 0.0231. The summed E-state index contributed by atoms with van der Waals surface area (Å²) in [6.45, 7) is 4.29. The summed E-state index contributed by atoms with van der Waals surface area (Å²) in [5.41, 5.74) is 3.42. The lowest BCUT2D eigenvalue weighted by molar-refractivity contribution is -0.137. The Hall–Kier alpha value is -2.33. The fraction of sp³-hybridized carbons (Fsp3) is 0.263. The second-order valence-electron chi connectivity index (χ2n) is 5.68. The van der Waals surface area contributed by atoms with E-state index in [-0.39, 0.29) is 12.3 Å². The number of hydrogen-bond donors (Lipinski definition) is 1. The van der Waals surface area contributed by atoms with Crippen LogP contribution in [-0.2, 0) is 4.79 Å². The van der Waals surface area contributed by atoms with Gasteiger partial charge in [0, 0.05) is 29.2 Å². The smallest absolute Gasteiger partial charge is 0.303 e. The molecule has 0 bridgehead atoms. The van der Waals surface area contributed by atoms with E-state index in [1.54, 1.807) is 29.2 Å². The van der Waals surface area contributed by atoms with Crippen LogP contribution in [-0.4, -0.2) is 23.5 Å². The van der Waals surface area contributed by atoms with Crippen molar-refractivity contribution in [3.05, 3.63) is 64.2 Å². The molecule has 0 heterocycles. The Labute approximate surface area is 146 Å². The van der Waals surface area contributed by atoms with Crippen molar-refractivity contribution in [1.82, 2.24) is 0 Å². The van der Waals surface area contributed by atoms with Crippen LogP contribution in [0.4, 0.5) is 5.69 Å². The van der Waals surface area contributed by atoms with Crippen molar-refractivity contribution in [2.24, 2.45) is 0 Å². The molecule has 0 atom stereocenters. The van der Waals surface area contributed by atoms with E-state index in [0.717, 1.165) is 16.8 Å². The molecule has 2 aromatic carbocycles. The number of carbonyl (C=O) groups excluding carboxylic acids is 1. The number of carboxylic acid groups (broad SMARTS) is 1. The molecule has 0 saturated carbocycles. The summed E-state index contributed by atoms with van der Waals surface area (Å²) in [6.07, 6.45) is 0.414. The van der Waals surface area contributed by atoms with E-state index < -0.39 is 5.97 Å². The van der Waals surface area contributed by atoms with Crippen molar-refractivity contribution < 1.29 is 14.7 Å². The summed E-state index contributed by atoms with van der Waals surface area (Å²) in [7, 11) is 0. The maximum absolute atomic E-state index is 12.9. The molecule has 0 aromatic heterocycles. The van der Waals surface area contributed by atoms with Crippen LogP contribution >= 0.6 is 11.6 Å². The molecule has 1 N–H and O–H groups in total. The van der Waals surface area contributed by atoms with Gasteiger partial charge in [-0.2, -0.15) is 0 Å². The van der Waals surface area contributed by atoms with Crippen LogP contribution in [0, 0.1) is 13.8 Å². The number of aliphatic carboxylic acids is 1. The highest BCUT2D eigenvalue weighted by atomic mass is 35.5. The minimum atomic E-state index is -0.866. The quantitative estimate of drug-likeness (QED) is 0.840. The van der Waals surface area contributed by atoms with Crippen LogP contribution < -0.4 is 4.90 Å².